The maximum Gasteiger partial charge on any atom is 0.171 e. The van der Waals surface area contributed by atoms with Crippen molar-refractivity contribution in [3.05, 3.63) is 30.5 Å². The molecule has 0 spiro atoms. The van der Waals surface area contributed by atoms with Crippen LogP contribution in [-0.2, 0) is 0 Å². The first-order valence-electron chi connectivity index (χ1n) is 3.54. The van der Waals surface area contributed by atoms with Gasteiger partial charge in [-0.3, -0.25) is 4.79 Å². The number of carbonyl (C=O) groups excluding carboxylic acids is 1. The standard InChI is InChI=1S/C7H5N5O/c13-4-6-3-12(11-10-6)7-1-2-8-5-9-7/h1-5H. The van der Waals surface area contributed by atoms with Crippen LogP contribution in [0.1, 0.15) is 10.5 Å². The van der Waals surface area contributed by atoms with Gasteiger partial charge in [-0.2, -0.15) is 0 Å². The van der Waals surface area contributed by atoms with Crippen molar-refractivity contribution in [2.24, 2.45) is 0 Å². The summed E-state index contributed by atoms with van der Waals surface area (Å²) in [5, 5.41) is 7.30. The molecule has 64 valence electrons. The second kappa shape index (κ2) is 3.10. The van der Waals surface area contributed by atoms with Gasteiger partial charge >= 0.3 is 0 Å². The lowest BCUT2D eigenvalue weighted by Gasteiger charge is -1.94. The fraction of sp³-hybridized carbons (Fsp3) is 0. The summed E-state index contributed by atoms with van der Waals surface area (Å²) in [6.07, 6.45) is 5.11. The van der Waals surface area contributed by atoms with Crippen LogP contribution in [0, 0.1) is 0 Å². The Labute approximate surface area is 73.2 Å². The van der Waals surface area contributed by atoms with Gasteiger partial charge in [-0.1, -0.05) is 5.21 Å². The van der Waals surface area contributed by atoms with E-state index in [1.807, 2.05) is 0 Å². The molecule has 0 saturated heterocycles. The topological polar surface area (TPSA) is 73.6 Å². The molecule has 2 heterocycles. The van der Waals surface area contributed by atoms with Gasteiger partial charge in [0.25, 0.3) is 0 Å². The van der Waals surface area contributed by atoms with Crippen molar-refractivity contribution in [3.8, 4) is 5.82 Å². The second-order valence-corrected chi connectivity index (χ2v) is 2.27. The van der Waals surface area contributed by atoms with E-state index in [2.05, 4.69) is 20.3 Å². The van der Waals surface area contributed by atoms with E-state index in [0.717, 1.165) is 0 Å². The quantitative estimate of drug-likeness (QED) is 0.594. The number of aromatic nitrogens is 5. The summed E-state index contributed by atoms with van der Waals surface area (Å²) < 4.78 is 1.41. The van der Waals surface area contributed by atoms with E-state index >= 15 is 0 Å². The van der Waals surface area contributed by atoms with E-state index in [1.165, 1.54) is 17.2 Å². The van der Waals surface area contributed by atoms with E-state index in [9.17, 15) is 4.79 Å². The fourth-order valence-electron chi connectivity index (χ4n) is 0.862. The van der Waals surface area contributed by atoms with Crippen molar-refractivity contribution < 1.29 is 4.79 Å². The molecule has 0 saturated carbocycles. The van der Waals surface area contributed by atoms with Crippen molar-refractivity contribution in [1.29, 1.82) is 0 Å². The summed E-state index contributed by atoms with van der Waals surface area (Å²) in [5.74, 6) is 0.579. The molecule has 2 aromatic rings. The molecule has 0 atom stereocenters. The zero-order valence-corrected chi connectivity index (χ0v) is 6.53. The lowest BCUT2D eigenvalue weighted by Crippen LogP contribution is -1.97. The third-order valence-electron chi connectivity index (χ3n) is 1.43. The number of rotatable bonds is 2. The molecule has 2 rings (SSSR count). The molecular weight excluding hydrogens is 170 g/mol. The largest absolute Gasteiger partial charge is 0.296 e. The number of aldehydes is 1. The Balaban J connectivity index is 2.41. The van der Waals surface area contributed by atoms with Crippen LogP contribution in [0.15, 0.2) is 24.8 Å². The molecule has 6 nitrogen and oxygen atoms in total. The van der Waals surface area contributed by atoms with E-state index < -0.39 is 0 Å². The molecule has 2 aromatic heterocycles. The third kappa shape index (κ3) is 1.41. The van der Waals surface area contributed by atoms with Crippen LogP contribution in [-0.4, -0.2) is 31.2 Å². The van der Waals surface area contributed by atoms with Crippen LogP contribution in [0.5, 0.6) is 0 Å². The van der Waals surface area contributed by atoms with Crippen molar-refractivity contribution in [1.82, 2.24) is 25.0 Å². The molecule has 6 heteroatoms. The van der Waals surface area contributed by atoms with E-state index in [-0.39, 0.29) is 5.69 Å². The summed E-state index contributed by atoms with van der Waals surface area (Å²) in [7, 11) is 0. The minimum Gasteiger partial charge on any atom is -0.296 e. The van der Waals surface area contributed by atoms with Crippen molar-refractivity contribution in [3.63, 3.8) is 0 Å². The minimum absolute atomic E-state index is 0.276. The monoisotopic (exact) mass is 175 g/mol. The Morgan fingerprint density at radius 3 is 3.00 bits per heavy atom. The van der Waals surface area contributed by atoms with E-state index in [4.69, 9.17) is 0 Å². The number of carbonyl (C=O) groups is 1. The highest BCUT2D eigenvalue weighted by atomic mass is 16.1. The van der Waals surface area contributed by atoms with Gasteiger partial charge in [0.2, 0.25) is 0 Å². The van der Waals surface area contributed by atoms with Gasteiger partial charge in [-0.15, -0.1) is 5.10 Å². The van der Waals surface area contributed by atoms with Gasteiger partial charge in [-0.25, -0.2) is 14.6 Å². The van der Waals surface area contributed by atoms with Gasteiger partial charge in [0, 0.05) is 12.3 Å². The minimum atomic E-state index is 0.276. The highest BCUT2D eigenvalue weighted by Gasteiger charge is 2.00. The van der Waals surface area contributed by atoms with Crippen LogP contribution < -0.4 is 0 Å². The maximum absolute atomic E-state index is 10.3. The van der Waals surface area contributed by atoms with Crippen LogP contribution in [0.3, 0.4) is 0 Å². The number of hydrogen-bond donors (Lipinski definition) is 0. The van der Waals surface area contributed by atoms with Crippen LogP contribution in [0.25, 0.3) is 5.82 Å². The number of hydrogen-bond acceptors (Lipinski definition) is 5. The molecule has 0 aromatic carbocycles. The number of nitrogens with zero attached hydrogens (tertiary/aromatic N) is 5. The van der Waals surface area contributed by atoms with Gasteiger partial charge in [0.05, 0.1) is 6.20 Å². The Morgan fingerprint density at radius 1 is 1.46 bits per heavy atom. The van der Waals surface area contributed by atoms with Crippen molar-refractivity contribution in [2.45, 2.75) is 0 Å². The molecule has 0 unspecified atom stereocenters. The summed E-state index contributed by atoms with van der Waals surface area (Å²) in [6.45, 7) is 0. The molecule has 0 fully saturated rings. The SMILES string of the molecule is O=Cc1cn(-c2ccncn2)nn1. The predicted octanol–water partition coefficient (Wildman–Crippen LogP) is -0.130. The zero-order chi connectivity index (χ0) is 9.10. The Kier molecular flexibility index (Phi) is 1.79. The first-order chi connectivity index (χ1) is 6.40. The van der Waals surface area contributed by atoms with Gasteiger partial charge < -0.3 is 0 Å². The first-order valence-corrected chi connectivity index (χ1v) is 3.54. The van der Waals surface area contributed by atoms with Crippen LogP contribution >= 0.6 is 0 Å². The van der Waals surface area contributed by atoms with Crippen LogP contribution in [0.2, 0.25) is 0 Å². The molecule has 0 aliphatic rings. The summed E-state index contributed by atoms with van der Waals surface area (Å²) in [6, 6.07) is 1.67. The van der Waals surface area contributed by atoms with Crippen molar-refractivity contribution in [2.75, 3.05) is 0 Å². The molecule has 0 aliphatic heterocycles. The molecule has 0 aliphatic carbocycles. The van der Waals surface area contributed by atoms with Gasteiger partial charge in [0.15, 0.2) is 12.1 Å². The van der Waals surface area contributed by atoms with Gasteiger partial charge in [-0.05, 0) is 0 Å². The van der Waals surface area contributed by atoms with E-state index in [0.29, 0.717) is 12.1 Å². The zero-order valence-electron chi connectivity index (χ0n) is 6.53. The van der Waals surface area contributed by atoms with Crippen LogP contribution in [0.4, 0.5) is 0 Å². The summed E-state index contributed by atoms with van der Waals surface area (Å²) in [5.41, 5.74) is 0.276. The molecule has 0 bridgehead atoms. The predicted molar refractivity (Wildman–Crippen MR) is 42.3 cm³/mol. The molecule has 13 heavy (non-hydrogen) atoms. The lowest BCUT2D eigenvalue weighted by atomic mass is 10.5. The lowest BCUT2D eigenvalue weighted by molar-refractivity contribution is 0.111. The third-order valence-corrected chi connectivity index (χ3v) is 1.43. The van der Waals surface area contributed by atoms with Gasteiger partial charge in [0.1, 0.15) is 12.0 Å². The van der Waals surface area contributed by atoms with Crippen molar-refractivity contribution >= 4 is 6.29 Å². The smallest absolute Gasteiger partial charge is 0.171 e. The first kappa shape index (κ1) is 7.53. The molecule has 0 amide bonds. The fourth-order valence-corrected chi connectivity index (χ4v) is 0.862. The highest BCUT2D eigenvalue weighted by molar-refractivity contribution is 5.70. The molecular formula is C7H5N5O. The van der Waals surface area contributed by atoms with E-state index in [1.54, 1.807) is 12.3 Å². The Hall–Kier alpha value is -2.11. The summed E-state index contributed by atoms with van der Waals surface area (Å²) in [4.78, 5) is 18.0. The average Bonchev–Trinajstić information content (AvgIpc) is 2.67. The summed E-state index contributed by atoms with van der Waals surface area (Å²) >= 11 is 0. The Morgan fingerprint density at radius 2 is 2.38 bits per heavy atom. The Bertz CT molecular complexity index is 410. The maximum atomic E-state index is 10.3. The normalized spacial score (nSPS) is 9.85. The molecule has 0 N–H and O–H groups in total. The molecule has 0 radical (unpaired) electrons. The highest BCUT2D eigenvalue weighted by Crippen LogP contribution is 1.98. The average molecular weight is 175 g/mol. The second-order valence-electron chi connectivity index (χ2n) is 2.27.